The molecule has 0 saturated heterocycles. The number of nitrogens with two attached hydrogens (primary N) is 1. The third-order valence-corrected chi connectivity index (χ3v) is 7.77. The standard InChI is InChI=1S/C25H47N5O4S/c1-18-10-11-27-30-28-19(18)12-22(2,3)15-24(6,7)14-21(32)29-35(33,34)17-25(8,9)16-23(4,5)13-20(26)31/h10-17H2,1-9H3,(H2,26,31)(H,27,28)(H,29,32). The van der Waals surface area contributed by atoms with Crippen molar-refractivity contribution in [3.05, 3.63) is 11.3 Å². The molecule has 0 fully saturated rings. The lowest BCUT2D eigenvalue weighted by Gasteiger charge is -2.36. The fourth-order valence-corrected chi connectivity index (χ4v) is 7.40. The lowest BCUT2D eigenvalue weighted by Crippen LogP contribution is -2.41. The minimum Gasteiger partial charge on any atom is -0.370 e. The number of carbonyl (C=O) groups excluding carboxylic acids is 2. The van der Waals surface area contributed by atoms with E-state index in [1.165, 1.54) is 5.57 Å². The predicted octanol–water partition coefficient (Wildman–Crippen LogP) is 4.61. The molecule has 10 heteroatoms. The summed E-state index contributed by atoms with van der Waals surface area (Å²) in [6.45, 7) is 18.4. The molecule has 0 saturated carbocycles. The van der Waals surface area contributed by atoms with Crippen molar-refractivity contribution in [1.29, 1.82) is 0 Å². The third kappa shape index (κ3) is 12.5. The topological polar surface area (TPSA) is 143 Å². The van der Waals surface area contributed by atoms with Gasteiger partial charge in [0.25, 0.3) is 0 Å². The molecule has 0 aromatic heterocycles. The molecule has 9 nitrogen and oxygen atoms in total. The normalized spacial score (nSPS) is 16.0. The van der Waals surface area contributed by atoms with Crippen molar-refractivity contribution in [3.63, 3.8) is 0 Å². The van der Waals surface area contributed by atoms with Gasteiger partial charge in [-0.25, -0.2) is 8.42 Å². The van der Waals surface area contributed by atoms with E-state index in [0.717, 1.165) is 25.0 Å². The number of hydrogen-bond acceptors (Lipinski definition) is 7. The van der Waals surface area contributed by atoms with Crippen molar-refractivity contribution in [1.82, 2.24) is 10.1 Å². The summed E-state index contributed by atoms with van der Waals surface area (Å²) in [6, 6.07) is 0. The number of nitrogens with zero attached hydrogens (tertiary/aromatic N) is 2. The van der Waals surface area contributed by atoms with Gasteiger partial charge in [0.05, 0.1) is 12.3 Å². The predicted molar refractivity (Wildman–Crippen MR) is 140 cm³/mol. The lowest BCUT2D eigenvalue weighted by atomic mass is 9.71. The zero-order valence-electron chi connectivity index (χ0n) is 23.2. The highest BCUT2D eigenvalue weighted by Gasteiger charge is 2.36. The van der Waals surface area contributed by atoms with E-state index in [-0.39, 0.29) is 24.0 Å². The number of allylic oxidation sites excluding steroid dienone is 1. The molecular formula is C25H47N5O4S. The van der Waals surface area contributed by atoms with Crippen LogP contribution in [0.15, 0.2) is 21.6 Å². The van der Waals surface area contributed by atoms with Crippen molar-refractivity contribution in [3.8, 4) is 0 Å². The van der Waals surface area contributed by atoms with Crippen LogP contribution >= 0.6 is 0 Å². The quantitative estimate of drug-likeness (QED) is 0.329. The Bertz CT molecular complexity index is 947. The Morgan fingerprint density at radius 1 is 0.943 bits per heavy atom. The van der Waals surface area contributed by atoms with Gasteiger partial charge in [-0.15, -0.1) is 0 Å². The van der Waals surface area contributed by atoms with E-state index in [1.807, 2.05) is 41.5 Å². The van der Waals surface area contributed by atoms with Crippen molar-refractivity contribution in [2.75, 3.05) is 12.3 Å². The Hall–Kier alpha value is -1.97. The molecule has 1 aliphatic rings. The summed E-state index contributed by atoms with van der Waals surface area (Å²) in [4.78, 5) is 24.1. The number of primary amides is 1. The molecular weight excluding hydrogens is 466 g/mol. The molecule has 2 amide bonds. The highest BCUT2D eigenvalue weighted by molar-refractivity contribution is 7.90. The first-order valence-corrected chi connectivity index (χ1v) is 13.9. The first-order valence-electron chi connectivity index (χ1n) is 12.3. The largest absolute Gasteiger partial charge is 0.370 e. The van der Waals surface area contributed by atoms with Crippen molar-refractivity contribution >= 4 is 21.8 Å². The second-order valence-electron chi connectivity index (χ2n) is 13.4. The highest BCUT2D eigenvalue weighted by Crippen LogP contribution is 2.41. The van der Waals surface area contributed by atoms with Crippen molar-refractivity contribution < 1.29 is 18.0 Å². The second-order valence-corrected chi connectivity index (χ2v) is 15.1. The Kier molecular flexibility index (Phi) is 10.1. The van der Waals surface area contributed by atoms with E-state index in [0.29, 0.717) is 13.0 Å². The van der Waals surface area contributed by atoms with Gasteiger partial charge in [-0.3, -0.25) is 19.7 Å². The van der Waals surface area contributed by atoms with Crippen LogP contribution in [0.2, 0.25) is 0 Å². The maximum absolute atomic E-state index is 12.8. The number of nitrogens with one attached hydrogen (secondary N) is 2. The molecule has 0 radical (unpaired) electrons. The molecule has 35 heavy (non-hydrogen) atoms. The number of carbonyl (C=O) groups is 2. The molecule has 0 bridgehead atoms. The molecule has 1 rings (SSSR count). The molecule has 0 aromatic carbocycles. The van der Waals surface area contributed by atoms with Gasteiger partial charge in [0.2, 0.25) is 21.8 Å². The minimum absolute atomic E-state index is 0.0917. The van der Waals surface area contributed by atoms with Crippen LogP contribution in [0.25, 0.3) is 0 Å². The molecule has 202 valence electrons. The van der Waals surface area contributed by atoms with Crippen molar-refractivity contribution in [2.24, 2.45) is 37.7 Å². The smallest absolute Gasteiger partial charge is 0.235 e. The van der Waals surface area contributed by atoms with Gasteiger partial charge in [-0.1, -0.05) is 66.2 Å². The van der Waals surface area contributed by atoms with Crippen LogP contribution in [-0.2, 0) is 19.6 Å². The van der Waals surface area contributed by atoms with E-state index in [9.17, 15) is 18.0 Å². The van der Waals surface area contributed by atoms with E-state index < -0.39 is 38.1 Å². The van der Waals surface area contributed by atoms with E-state index in [4.69, 9.17) is 5.73 Å². The summed E-state index contributed by atoms with van der Waals surface area (Å²) in [5, 5.41) is 8.05. The zero-order chi connectivity index (χ0) is 27.3. The first-order chi connectivity index (χ1) is 15.6. The molecule has 0 spiro atoms. The first kappa shape index (κ1) is 31.1. The third-order valence-electron chi connectivity index (χ3n) is 6.07. The van der Waals surface area contributed by atoms with Gasteiger partial charge in [0.1, 0.15) is 0 Å². The van der Waals surface area contributed by atoms with Crippen LogP contribution in [0, 0.1) is 21.7 Å². The molecule has 1 heterocycles. The van der Waals surface area contributed by atoms with Crippen molar-refractivity contribution in [2.45, 2.75) is 101 Å². The fraction of sp³-hybridized carbons (Fsp3) is 0.840. The average molecular weight is 514 g/mol. The Morgan fingerprint density at radius 2 is 1.49 bits per heavy atom. The summed E-state index contributed by atoms with van der Waals surface area (Å²) in [5.41, 5.74) is 9.03. The maximum Gasteiger partial charge on any atom is 0.235 e. The number of amides is 2. The summed E-state index contributed by atoms with van der Waals surface area (Å²) in [6.07, 6.45) is 3.07. The van der Waals surface area contributed by atoms with Crippen LogP contribution < -0.4 is 15.9 Å². The lowest BCUT2D eigenvalue weighted by molar-refractivity contribution is -0.122. The second kappa shape index (κ2) is 11.4. The van der Waals surface area contributed by atoms with Crippen LogP contribution in [0.5, 0.6) is 0 Å². The molecule has 0 aliphatic carbocycles. The maximum atomic E-state index is 12.8. The van der Waals surface area contributed by atoms with Gasteiger partial charge in [0.15, 0.2) is 0 Å². The van der Waals surface area contributed by atoms with Gasteiger partial charge >= 0.3 is 0 Å². The Balaban J connectivity index is 2.76. The summed E-state index contributed by atoms with van der Waals surface area (Å²) in [5.74, 6) is -1.14. The number of sulfonamides is 1. The van der Waals surface area contributed by atoms with Gasteiger partial charge in [-0.05, 0) is 54.3 Å². The Labute approximate surface area is 212 Å². The van der Waals surface area contributed by atoms with Crippen LogP contribution in [0.4, 0.5) is 0 Å². The van der Waals surface area contributed by atoms with E-state index in [2.05, 4.69) is 41.3 Å². The van der Waals surface area contributed by atoms with Crippen LogP contribution in [-0.4, -0.2) is 32.5 Å². The SMILES string of the molecule is CC1=C(CC(C)(C)CC(C)(C)CC(=O)NS(=O)(=O)CC(C)(C)CC(C)(C)CC(N)=O)NN=NCC1. The summed E-state index contributed by atoms with van der Waals surface area (Å²) < 4.78 is 27.9. The van der Waals surface area contributed by atoms with E-state index in [1.54, 1.807) is 0 Å². The van der Waals surface area contributed by atoms with Crippen LogP contribution in [0.3, 0.4) is 0 Å². The average Bonchev–Trinajstić information content (AvgIpc) is 2.72. The fourth-order valence-electron chi connectivity index (χ4n) is 5.77. The highest BCUT2D eigenvalue weighted by atomic mass is 32.2. The minimum atomic E-state index is -3.85. The number of hydrogen-bond donors (Lipinski definition) is 3. The van der Waals surface area contributed by atoms with Gasteiger partial charge < -0.3 is 5.73 Å². The molecule has 4 N–H and O–H groups in total. The van der Waals surface area contributed by atoms with Gasteiger partial charge in [-0.2, -0.15) is 5.11 Å². The summed E-state index contributed by atoms with van der Waals surface area (Å²) in [7, 11) is -3.85. The van der Waals surface area contributed by atoms with E-state index >= 15 is 0 Å². The Morgan fingerprint density at radius 3 is 2.06 bits per heavy atom. The molecule has 0 unspecified atom stereocenters. The van der Waals surface area contributed by atoms with Crippen LogP contribution in [0.1, 0.15) is 101 Å². The molecule has 0 atom stereocenters. The number of rotatable bonds is 13. The summed E-state index contributed by atoms with van der Waals surface area (Å²) >= 11 is 0. The van der Waals surface area contributed by atoms with Gasteiger partial charge in [0, 0.05) is 18.5 Å². The zero-order valence-corrected chi connectivity index (χ0v) is 24.0. The molecule has 0 aromatic rings. The monoisotopic (exact) mass is 513 g/mol. The molecule has 1 aliphatic heterocycles.